The van der Waals surface area contributed by atoms with E-state index in [-0.39, 0.29) is 17.2 Å². The maximum absolute atomic E-state index is 13.7. The summed E-state index contributed by atoms with van der Waals surface area (Å²) in [5, 5.41) is 4.42. The van der Waals surface area contributed by atoms with Gasteiger partial charge in [0.25, 0.3) is 0 Å². The van der Waals surface area contributed by atoms with Gasteiger partial charge in [-0.25, -0.2) is 19.0 Å². The van der Waals surface area contributed by atoms with E-state index in [0.717, 1.165) is 5.56 Å². The average molecular weight is 403 g/mol. The van der Waals surface area contributed by atoms with Crippen molar-refractivity contribution in [3.05, 3.63) is 58.8 Å². The lowest BCUT2D eigenvalue weighted by molar-refractivity contribution is -0.118. The van der Waals surface area contributed by atoms with Crippen LogP contribution < -0.4 is 4.74 Å². The molecule has 0 unspecified atom stereocenters. The Morgan fingerprint density at radius 2 is 2.11 bits per heavy atom. The van der Waals surface area contributed by atoms with Crippen LogP contribution in [0.15, 0.2) is 36.5 Å². The highest BCUT2D eigenvalue weighted by Crippen LogP contribution is 2.22. The lowest BCUT2D eigenvalue weighted by Crippen LogP contribution is -2.11. The summed E-state index contributed by atoms with van der Waals surface area (Å²) >= 11 is 5.73. The Morgan fingerprint density at radius 3 is 2.75 bits per heavy atom. The van der Waals surface area contributed by atoms with Crippen LogP contribution in [0, 0.1) is 5.82 Å². The van der Waals surface area contributed by atoms with Crippen molar-refractivity contribution in [3.63, 3.8) is 0 Å². The van der Waals surface area contributed by atoms with Gasteiger partial charge in [-0.05, 0) is 37.1 Å². The van der Waals surface area contributed by atoms with Gasteiger partial charge in [0.1, 0.15) is 17.4 Å². The molecule has 0 amide bonds. The molecule has 2 aromatic heterocycles. The summed E-state index contributed by atoms with van der Waals surface area (Å²) in [6.45, 7) is 2.48. The molecule has 0 aliphatic rings. The van der Waals surface area contributed by atoms with E-state index < -0.39 is 5.82 Å². The first-order valence-corrected chi connectivity index (χ1v) is 9.27. The van der Waals surface area contributed by atoms with Gasteiger partial charge in [-0.1, -0.05) is 17.7 Å². The number of aromatic nitrogens is 4. The van der Waals surface area contributed by atoms with Crippen molar-refractivity contribution in [2.24, 2.45) is 0 Å². The van der Waals surface area contributed by atoms with E-state index in [9.17, 15) is 9.18 Å². The summed E-state index contributed by atoms with van der Waals surface area (Å²) in [5.41, 5.74) is 1.48. The molecule has 3 rings (SSSR count). The molecule has 0 saturated heterocycles. The first kappa shape index (κ1) is 19.9. The van der Waals surface area contributed by atoms with Crippen molar-refractivity contribution >= 4 is 17.4 Å². The van der Waals surface area contributed by atoms with E-state index in [0.29, 0.717) is 42.5 Å². The minimum Gasteiger partial charge on any atom is -0.481 e. The van der Waals surface area contributed by atoms with Gasteiger partial charge in [0.2, 0.25) is 5.88 Å². The summed E-state index contributed by atoms with van der Waals surface area (Å²) in [7, 11) is 1.56. The number of aryl methyl sites for hydroxylation is 2. The number of Topliss-reactive ketones (excluding diaryl/α,β-unsaturated/α-hetero) is 1. The second-order valence-corrected chi connectivity index (χ2v) is 6.63. The summed E-state index contributed by atoms with van der Waals surface area (Å²) in [6.07, 6.45) is 2.83. The largest absolute Gasteiger partial charge is 0.481 e. The summed E-state index contributed by atoms with van der Waals surface area (Å²) in [4.78, 5) is 21.0. The quantitative estimate of drug-likeness (QED) is 0.571. The number of carbonyl (C=O) groups is 1. The monoisotopic (exact) mass is 402 g/mol. The Hall–Kier alpha value is -2.80. The molecule has 0 aliphatic heterocycles. The molecule has 146 valence electrons. The van der Waals surface area contributed by atoms with Crippen LogP contribution in [0.2, 0.25) is 5.02 Å². The summed E-state index contributed by atoms with van der Waals surface area (Å²) in [5.74, 6) is 0.993. The maximum Gasteiger partial charge on any atom is 0.212 e. The highest BCUT2D eigenvalue weighted by atomic mass is 35.5. The predicted molar refractivity (Wildman–Crippen MR) is 104 cm³/mol. The zero-order valence-corrected chi connectivity index (χ0v) is 16.4. The van der Waals surface area contributed by atoms with Gasteiger partial charge in [-0.15, -0.1) is 0 Å². The van der Waals surface area contributed by atoms with E-state index in [2.05, 4.69) is 15.1 Å². The highest BCUT2D eigenvalue weighted by molar-refractivity contribution is 6.30. The van der Waals surface area contributed by atoms with Gasteiger partial charge >= 0.3 is 0 Å². The number of methoxy groups -OCH3 is 1. The fraction of sp³-hybridized carbons (Fsp3) is 0.300. The number of halogens is 2. The number of carbonyl (C=O) groups excluding carboxylic acids is 1. The van der Waals surface area contributed by atoms with Gasteiger partial charge in [-0.2, -0.15) is 5.10 Å². The third kappa shape index (κ3) is 4.72. The first-order valence-electron chi connectivity index (χ1n) is 8.90. The van der Waals surface area contributed by atoms with Crippen LogP contribution in [-0.2, 0) is 24.2 Å². The molecule has 0 radical (unpaired) electrons. The van der Waals surface area contributed by atoms with Crippen molar-refractivity contribution < 1.29 is 13.9 Å². The molecular formula is C20H20ClFN4O2. The fourth-order valence-electron chi connectivity index (χ4n) is 2.74. The molecule has 0 aliphatic carbocycles. The number of hydrogen-bond donors (Lipinski definition) is 0. The lowest BCUT2D eigenvalue weighted by atomic mass is 10.1. The SMILES string of the molecule is CCn1nc(-c2ccc(Cl)c(F)c2)nc1CC(=O)CCc1ccc(OC)nc1. The number of benzene rings is 1. The van der Waals surface area contributed by atoms with Crippen LogP contribution in [-0.4, -0.2) is 32.6 Å². The minimum atomic E-state index is -0.530. The standard InChI is InChI=1S/C20H20ClFN4O2/c1-3-26-18(24-20(25-26)14-6-8-16(21)17(22)10-14)11-15(27)7-4-13-5-9-19(28-2)23-12-13/h5-6,8-10,12H,3-4,7,11H2,1-2H3. The van der Waals surface area contributed by atoms with Crippen molar-refractivity contribution in [3.8, 4) is 17.3 Å². The van der Waals surface area contributed by atoms with Crippen LogP contribution >= 0.6 is 11.6 Å². The van der Waals surface area contributed by atoms with E-state index >= 15 is 0 Å². The molecule has 1 aromatic carbocycles. The molecule has 0 bridgehead atoms. The normalized spacial score (nSPS) is 10.9. The van der Waals surface area contributed by atoms with Crippen LogP contribution in [0.4, 0.5) is 4.39 Å². The second-order valence-electron chi connectivity index (χ2n) is 6.22. The zero-order chi connectivity index (χ0) is 20.1. The molecular weight excluding hydrogens is 383 g/mol. The molecule has 0 fully saturated rings. The van der Waals surface area contributed by atoms with Gasteiger partial charge in [0.15, 0.2) is 5.82 Å². The number of hydrogen-bond acceptors (Lipinski definition) is 5. The Kier molecular flexibility index (Phi) is 6.36. The van der Waals surface area contributed by atoms with Crippen LogP contribution in [0.5, 0.6) is 5.88 Å². The molecule has 28 heavy (non-hydrogen) atoms. The first-order chi connectivity index (χ1) is 13.5. The van der Waals surface area contributed by atoms with Crippen molar-refractivity contribution in [1.29, 1.82) is 0 Å². The van der Waals surface area contributed by atoms with Gasteiger partial charge in [-0.3, -0.25) is 4.79 Å². The molecule has 3 aromatic rings. The molecule has 0 saturated carbocycles. The Bertz CT molecular complexity index is 973. The summed E-state index contributed by atoms with van der Waals surface area (Å²) < 4.78 is 20.4. The molecule has 0 atom stereocenters. The predicted octanol–water partition coefficient (Wildman–Crippen LogP) is 3.91. The van der Waals surface area contributed by atoms with Crippen molar-refractivity contribution in [2.75, 3.05) is 7.11 Å². The number of nitrogens with zero attached hydrogens (tertiary/aromatic N) is 4. The number of pyridine rings is 1. The molecule has 6 nitrogen and oxygen atoms in total. The number of ether oxygens (including phenoxy) is 1. The second kappa shape index (κ2) is 8.93. The van der Waals surface area contributed by atoms with E-state index in [1.54, 1.807) is 30.1 Å². The van der Waals surface area contributed by atoms with Crippen LogP contribution in [0.1, 0.15) is 24.7 Å². The van der Waals surface area contributed by atoms with E-state index in [1.165, 1.54) is 12.1 Å². The topological polar surface area (TPSA) is 69.9 Å². The zero-order valence-electron chi connectivity index (χ0n) is 15.7. The molecule has 8 heteroatoms. The van der Waals surface area contributed by atoms with Gasteiger partial charge < -0.3 is 4.74 Å². The molecule has 0 N–H and O–H groups in total. The third-order valence-corrected chi connectivity index (χ3v) is 4.59. The van der Waals surface area contributed by atoms with E-state index in [1.807, 2.05) is 13.0 Å². The Labute approximate surface area is 167 Å². The van der Waals surface area contributed by atoms with Gasteiger partial charge in [0, 0.05) is 30.8 Å². The number of rotatable bonds is 8. The average Bonchev–Trinajstić information content (AvgIpc) is 3.11. The lowest BCUT2D eigenvalue weighted by Gasteiger charge is -2.04. The van der Waals surface area contributed by atoms with E-state index in [4.69, 9.17) is 16.3 Å². The van der Waals surface area contributed by atoms with Crippen molar-refractivity contribution in [2.45, 2.75) is 32.7 Å². The highest BCUT2D eigenvalue weighted by Gasteiger charge is 2.15. The fourth-order valence-corrected chi connectivity index (χ4v) is 2.86. The summed E-state index contributed by atoms with van der Waals surface area (Å²) in [6, 6.07) is 8.07. The third-order valence-electron chi connectivity index (χ3n) is 4.28. The van der Waals surface area contributed by atoms with Crippen LogP contribution in [0.3, 0.4) is 0 Å². The van der Waals surface area contributed by atoms with Crippen LogP contribution in [0.25, 0.3) is 11.4 Å². The maximum atomic E-state index is 13.7. The van der Waals surface area contributed by atoms with Gasteiger partial charge in [0.05, 0.1) is 18.6 Å². The smallest absolute Gasteiger partial charge is 0.212 e. The number of ketones is 1. The Balaban J connectivity index is 1.67. The minimum absolute atomic E-state index is 0.0436. The van der Waals surface area contributed by atoms with Crippen molar-refractivity contribution in [1.82, 2.24) is 19.7 Å². The molecule has 2 heterocycles. The molecule has 0 spiro atoms. The Morgan fingerprint density at radius 1 is 1.29 bits per heavy atom.